The second-order valence-electron chi connectivity index (χ2n) is 8.95. The first-order valence-electron chi connectivity index (χ1n) is 12.0. The molecule has 0 unspecified atom stereocenters. The van der Waals surface area contributed by atoms with E-state index in [0.29, 0.717) is 6.04 Å². The summed E-state index contributed by atoms with van der Waals surface area (Å²) in [6, 6.07) is 4.48. The van der Waals surface area contributed by atoms with Crippen LogP contribution in [0, 0.1) is 11.8 Å². The monoisotopic (exact) mass is 435 g/mol. The summed E-state index contributed by atoms with van der Waals surface area (Å²) in [4.78, 5) is 14.6. The first-order chi connectivity index (χ1) is 15.8. The lowest BCUT2D eigenvalue weighted by Gasteiger charge is -2.25. The Morgan fingerprint density at radius 3 is 2.56 bits per heavy atom. The first kappa shape index (κ1) is 21.3. The number of methoxy groups -OCH3 is 1. The number of anilines is 2. The number of hydrogen-bond donors (Lipinski definition) is 1. The highest BCUT2D eigenvalue weighted by Crippen LogP contribution is 2.32. The Bertz CT molecular complexity index is 997. The van der Waals surface area contributed by atoms with Crippen LogP contribution in [-0.2, 0) is 4.74 Å². The van der Waals surface area contributed by atoms with Gasteiger partial charge >= 0.3 is 0 Å². The van der Waals surface area contributed by atoms with Crippen molar-refractivity contribution < 1.29 is 9.47 Å². The van der Waals surface area contributed by atoms with Gasteiger partial charge in [-0.25, -0.2) is 4.98 Å². The molecule has 5 rings (SSSR count). The highest BCUT2D eigenvalue weighted by Gasteiger charge is 2.21. The second-order valence-corrected chi connectivity index (χ2v) is 8.95. The molecule has 0 aliphatic carbocycles. The molecule has 7 heteroatoms. The van der Waals surface area contributed by atoms with Gasteiger partial charge in [-0.1, -0.05) is 11.8 Å². The van der Waals surface area contributed by atoms with Gasteiger partial charge < -0.3 is 19.7 Å². The molecular formula is C25H33N5O2. The summed E-state index contributed by atoms with van der Waals surface area (Å²) in [5, 5.41) is 4.67. The van der Waals surface area contributed by atoms with Crippen molar-refractivity contribution in [3.05, 3.63) is 17.7 Å². The lowest BCUT2D eigenvalue weighted by molar-refractivity contribution is 0.0904. The predicted octanol–water partition coefficient (Wildman–Crippen LogP) is 3.28. The van der Waals surface area contributed by atoms with E-state index in [1.54, 1.807) is 7.11 Å². The Balaban J connectivity index is 1.51. The quantitative estimate of drug-likeness (QED) is 0.723. The van der Waals surface area contributed by atoms with E-state index < -0.39 is 0 Å². The Labute approximate surface area is 190 Å². The van der Waals surface area contributed by atoms with Gasteiger partial charge in [0.25, 0.3) is 0 Å². The number of nitrogens with zero attached hydrogens (tertiary/aromatic N) is 4. The Kier molecular flexibility index (Phi) is 6.61. The van der Waals surface area contributed by atoms with Crippen molar-refractivity contribution in [2.75, 3.05) is 63.3 Å². The van der Waals surface area contributed by atoms with E-state index in [-0.39, 0.29) is 0 Å². The van der Waals surface area contributed by atoms with Gasteiger partial charge in [0.2, 0.25) is 5.95 Å². The van der Waals surface area contributed by atoms with Crippen LogP contribution >= 0.6 is 0 Å². The molecule has 0 bridgehead atoms. The molecule has 3 aliphatic rings. The second kappa shape index (κ2) is 9.93. The van der Waals surface area contributed by atoms with Crippen LogP contribution in [-0.4, -0.2) is 74.0 Å². The fourth-order valence-electron chi connectivity index (χ4n) is 4.80. The van der Waals surface area contributed by atoms with E-state index in [0.717, 1.165) is 92.8 Å². The molecule has 1 N–H and O–H groups in total. The zero-order valence-electron chi connectivity index (χ0n) is 19.0. The van der Waals surface area contributed by atoms with Gasteiger partial charge in [-0.05, 0) is 63.7 Å². The lowest BCUT2D eigenvalue weighted by Crippen LogP contribution is -2.29. The van der Waals surface area contributed by atoms with Crippen LogP contribution in [0.5, 0.6) is 5.75 Å². The van der Waals surface area contributed by atoms with E-state index in [2.05, 4.69) is 33.0 Å². The molecule has 170 valence electrons. The Morgan fingerprint density at radius 2 is 1.81 bits per heavy atom. The summed E-state index contributed by atoms with van der Waals surface area (Å²) in [5.74, 6) is 9.17. The van der Waals surface area contributed by atoms with Crippen molar-refractivity contribution in [2.24, 2.45) is 0 Å². The zero-order valence-corrected chi connectivity index (χ0v) is 19.0. The van der Waals surface area contributed by atoms with E-state index in [1.165, 1.54) is 25.7 Å². The summed E-state index contributed by atoms with van der Waals surface area (Å²) in [5.41, 5.74) is 1.81. The van der Waals surface area contributed by atoms with Gasteiger partial charge in [0.1, 0.15) is 11.6 Å². The molecule has 1 aromatic heterocycles. The van der Waals surface area contributed by atoms with Crippen molar-refractivity contribution in [1.82, 2.24) is 14.9 Å². The number of fused-ring (bicyclic) bond motifs is 1. The molecule has 4 heterocycles. The van der Waals surface area contributed by atoms with Crippen LogP contribution in [0.4, 0.5) is 11.8 Å². The summed E-state index contributed by atoms with van der Waals surface area (Å²) in [6.45, 7) is 6.72. The summed E-state index contributed by atoms with van der Waals surface area (Å²) in [6.07, 6.45) is 6.92. The van der Waals surface area contributed by atoms with Gasteiger partial charge in [-0.15, -0.1) is 0 Å². The van der Waals surface area contributed by atoms with Gasteiger partial charge in [0, 0.05) is 37.7 Å². The highest BCUT2D eigenvalue weighted by molar-refractivity contribution is 5.93. The average Bonchev–Trinajstić information content (AvgIpc) is 3.54. The third-order valence-corrected chi connectivity index (χ3v) is 6.68. The predicted molar refractivity (Wildman–Crippen MR) is 128 cm³/mol. The molecule has 0 saturated carbocycles. The maximum atomic E-state index is 5.72. The minimum atomic E-state index is 0.360. The topological polar surface area (TPSA) is 62.8 Å². The maximum Gasteiger partial charge on any atom is 0.227 e. The molecule has 32 heavy (non-hydrogen) atoms. The summed E-state index contributed by atoms with van der Waals surface area (Å²) >= 11 is 0. The number of rotatable bonds is 5. The van der Waals surface area contributed by atoms with Crippen LogP contribution in [0.1, 0.15) is 44.1 Å². The normalized spacial score (nSPS) is 19.8. The minimum absolute atomic E-state index is 0.360. The molecule has 0 atom stereocenters. The third kappa shape index (κ3) is 4.77. The molecule has 3 fully saturated rings. The average molecular weight is 436 g/mol. The molecular weight excluding hydrogens is 402 g/mol. The summed E-state index contributed by atoms with van der Waals surface area (Å²) in [7, 11) is 1.71. The largest absolute Gasteiger partial charge is 0.495 e. The lowest BCUT2D eigenvalue weighted by atomic mass is 10.1. The number of benzene rings is 1. The minimum Gasteiger partial charge on any atom is -0.495 e. The fraction of sp³-hybridized carbons (Fsp3) is 0.600. The van der Waals surface area contributed by atoms with Gasteiger partial charge in [-0.2, -0.15) is 4.98 Å². The molecule has 0 radical (unpaired) electrons. The fourth-order valence-corrected chi connectivity index (χ4v) is 4.80. The molecule has 3 aliphatic heterocycles. The molecule has 3 saturated heterocycles. The van der Waals surface area contributed by atoms with Crippen LogP contribution in [0.2, 0.25) is 0 Å². The van der Waals surface area contributed by atoms with E-state index in [1.807, 2.05) is 6.07 Å². The first-order valence-corrected chi connectivity index (χ1v) is 12.0. The van der Waals surface area contributed by atoms with Crippen molar-refractivity contribution in [3.8, 4) is 17.6 Å². The number of ether oxygens (including phenoxy) is 2. The van der Waals surface area contributed by atoms with Crippen molar-refractivity contribution in [1.29, 1.82) is 0 Å². The molecule has 1 aromatic carbocycles. The molecule has 0 amide bonds. The third-order valence-electron chi connectivity index (χ3n) is 6.68. The van der Waals surface area contributed by atoms with E-state index in [4.69, 9.17) is 19.4 Å². The summed E-state index contributed by atoms with van der Waals surface area (Å²) < 4.78 is 11.3. The number of nitrogens with one attached hydrogen (secondary N) is 1. The van der Waals surface area contributed by atoms with Crippen LogP contribution in [0.15, 0.2) is 12.1 Å². The van der Waals surface area contributed by atoms with Crippen LogP contribution < -0.4 is 15.0 Å². The zero-order chi connectivity index (χ0) is 21.8. The maximum absolute atomic E-state index is 5.72. The number of aromatic nitrogens is 2. The molecule has 0 spiro atoms. The smallest absolute Gasteiger partial charge is 0.227 e. The SMILES string of the molecule is COc1cc2c(NC3CCOCC3)nc(N3CCCC3)nc2cc1C#CCN1CCCC1. The van der Waals surface area contributed by atoms with Gasteiger partial charge in [-0.3, -0.25) is 4.90 Å². The standard InChI is InChI=1S/C25H33N5O2/c1-31-23-18-21-22(17-19(23)7-6-12-29-10-2-3-11-29)27-25(30-13-4-5-14-30)28-24(21)26-20-8-15-32-16-9-20/h17-18,20H,2-5,8-16H2,1H3,(H,26,27,28). The Hall–Kier alpha value is -2.56. The number of hydrogen-bond acceptors (Lipinski definition) is 7. The van der Waals surface area contributed by atoms with Crippen molar-refractivity contribution in [3.63, 3.8) is 0 Å². The van der Waals surface area contributed by atoms with Crippen LogP contribution in [0.25, 0.3) is 10.9 Å². The Morgan fingerprint density at radius 1 is 1.06 bits per heavy atom. The van der Waals surface area contributed by atoms with Gasteiger partial charge in [0.15, 0.2) is 0 Å². The molecule has 2 aromatic rings. The highest BCUT2D eigenvalue weighted by atomic mass is 16.5. The van der Waals surface area contributed by atoms with E-state index >= 15 is 0 Å². The number of likely N-dealkylation sites (tertiary alicyclic amines) is 1. The van der Waals surface area contributed by atoms with E-state index in [9.17, 15) is 0 Å². The van der Waals surface area contributed by atoms with Crippen molar-refractivity contribution >= 4 is 22.7 Å². The van der Waals surface area contributed by atoms with Crippen LogP contribution in [0.3, 0.4) is 0 Å². The van der Waals surface area contributed by atoms with Gasteiger partial charge in [0.05, 0.1) is 24.7 Å². The molecule has 7 nitrogen and oxygen atoms in total. The van der Waals surface area contributed by atoms with Crippen molar-refractivity contribution in [2.45, 2.75) is 44.6 Å².